The van der Waals surface area contributed by atoms with E-state index in [9.17, 15) is 9.59 Å². The Morgan fingerprint density at radius 1 is 1.08 bits per heavy atom. The molecule has 132 valence electrons. The fourth-order valence-corrected chi connectivity index (χ4v) is 4.59. The Labute approximate surface area is 160 Å². The van der Waals surface area contributed by atoms with Crippen molar-refractivity contribution >= 4 is 39.1 Å². The third-order valence-electron chi connectivity index (χ3n) is 4.74. The number of rotatable bonds is 6. The second-order valence-electron chi connectivity index (χ2n) is 6.43. The fourth-order valence-electron chi connectivity index (χ4n) is 3.34. The molecular formula is C19H21BrN2O2S. The van der Waals surface area contributed by atoms with E-state index in [0.717, 1.165) is 17.3 Å². The first-order chi connectivity index (χ1) is 12.1. The first kappa shape index (κ1) is 18.1. The highest BCUT2D eigenvalue weighted by Gasteiger charge is 2.36. The Morgan fingerprint density at radius 3 is 2.44 bits per heavy atom. The lowest BCUT2D eigenvalue weighted by molar-refractivity contribution is -0.120. The molecule has 2 aromatic rings. The van der Waals surface area contributed by atoms with Gasteiger partial charge in [-0.05, 0) is 48.6 Å². The summed E-state index contributed by atoms with van der Waals surface area (Å²) < 4.78 is 0.914. The number of hydrogen-bond acceptors (Lipinski definition) is 3. The van der Waals surface area contributed by atoms with Crippen LogP contribution in [-0.2, 0) is 10.2 Å². The Balaban J connectivity index is 1.51. The highest BCUT2D eigenvalue weighted by Crippen LogP contribution is 2.42. The van der Waals surface area contributed by atoms with E-state index in [1.165, 1.54) is 17.7 Å². The Kier molecular flexibility index (Phi) is 5.91. The number of thiophene rings is 1. The van der Waals surface area contributed by atoms with Crippen LogP contribution >= 0.6 is 27.3 Å². The lowest BCUT2D eigenvalue weighted by atomic mass is 9.84. The maximum atomic E-state index is 12.2. The van der Waals surface area contributed by atoms with Crippen LogP contribution in [0.25, 0.3) is 0 Å². The molecule has 0 unspecified atom stereocenters. The Morgan fingerprint density at radius 2 is 1.80 bits per heavy atom. The van der Waals surface area contributed by atoms with E-state index in [0.29, 0.717) is 12.1 Å². The number of amides is 2. The zero-order valence-corrected chi connectivity index (χ0v) is 16.3. The average Bonchev–Trinajstić information content (AvgIpc) is 3.30. The lowest BCUT2D eigenvalue weighted by Crippen LogP contribution is -2.43. The molecule has 1 aliphatic rings. The highest BCUT2D eigenvalue weighted by molar-refractivity contribution is 9.10. The van der Waals surface area contributed by atoms with Gasteiger partial charge in [-0.1, -0.05) is 34.8 Å². The lowest BCUT2D eigenvalue weighted by Gasteiger charge is -2.28. The van der Waals surface area contributed by atoms with Gasteiger partial charge < -0.3 is 10.6 Å². The van der Waals surface area contributed by atoms with Gasteiger partial charge in [0.25, 0.3) is 5.91 Å². The maximum Gasteiger partial charge on any atom is 0.251 e. The summed E-state index contributed by atoms with van der Waals surface area (Å²) >= 11 is 5.10. The fraction of sp³-hybridized carbons (Fsp3) is 0.368. The van der Waals surface area contributed by atoms with Gasteiger partial charge in [-0.25, -0.2) is 0 Å². The van der Waals surface area contributed by atoms with E-state index < -0.39 is 0 Å². The molecule has 1 aromatic heterocycles. The molecule has 3 rings (SSSR count). The third-order valence-corrected chi connectivity index (χ3v) is 6.39. The Bertz CT molecular complexity index is 722. The minimum absolute atomic E-state index is 0.00455. The zero-order valence-electron chi connectivity index (χ0n) is 13.9. The molecule has 1 saturated carbocycles. The van der Waals surface area contributed by atoms with Crippen LogP contribution < -0.4 is 10.6 Å². The molecule has 0 aliphatic heterocycles. The van der Waals surface area contributed by atoms with Gasteiger partial charge in [-0.3, -0.25) is 9.59 Å². The van der Waals surface area contributed by atoms with Gasteiger partial charge in [0.05, 0.1) is 6.54 Å². The first-order valence-corrected chi connectivity index (χ1v) is 10.1. The van der Waals surface area contributed by atoms with Crippen LogP contribution in [0.5, 0.6) is 0 Å². The molecule has 2 N–H and O–H groups in total. The molecule has 4 nitrogen and oxygen atoms in total. The quantitative estimate of drug-likeness (QED) is 0.744. The van der Waals surface area contributed by atoms with Gasteiger partial charge in [0.15, 0.2) is 0 Å². The van der Waals surface area contributed by atoms with Crippen LogP contribution in [0.15, 0.2) is 46.3 Å². The molecule has 0 spiro atoms. The minimum atomic E-state index is -0.239. The van der Waals surface area contributed by atoms with Crippen molar-refractivity contribution < 1.29 is 9.59 Å². The van der Waals surface area contributed by atoms with Gasteiger partial charge in [-0.15, -0.1) is 11.3 Å². The number of carbonyl (C=O) groups is 2. The van der Waals surface area contributed by atoms with Crippen molar-refractivity contribution in [2.24, 2.45) is 0 Å². The second kappa shape index (κ2) is 8.15. The minimum Gasteiger partial charge on any atom is -0.354 e. The van der Waals surface area contributed by atoms with E-state index in [-0.39, 0.29) is 23.8 Å². The summed E-state index contributed by atoms with van der Waals surface area (Å²) in [5.74, 6) is -0.384. The molecular weight excluding hydrogens is 400 g/mol. The highest BCUT2D eigenvalue weighted by atomic mass is 79.9. The summed E-state index contributed by atoms with van der Waals surface area (Å²) in [6.07, 6.45) is 4.63. The zero-order chi connectivity index (χ0) is 17.7. The molecule has 25 heavy (non-hydrogen) atoms. The van der Waals surface area contributed by atoms with Crippen molar-refractivity contribution in [3.05, 3.63) is 56.7 Å². The molecule has 1 aliphatic carbocycles. The molecule has 6 heteroatoms. The number of hydrogen-bond donors (Lipinski definition) is 2. The van der Waals surface area contributed by atoms with E-state index in [1.54, 1.807) is 35.6 Å². The summed E-state index contributed by atoms with van der Waals surface area (Å²) in [6, 6.07) is 11.3. The van der Waals surface area contributed by atoms with Crippen LogP contribution in [-0.4, -0.2) is 24.9 Å². The van der Waals surface area contributed by atoms with Crippen molar-refractivity contribution in [1.82, 2.24) is 10.6 Å². The maximum absolute atomic E-state index is 12.2. The molecule has 0 saturated heterocycles. The van der Waals surface area contributed by atoms with Crippen LogP contribution in [0.2, 0.25) is 0 Å². The molecule has 1 aromatic carbocycles. The van der Waals surface area contributed by atoms with E-state index >= 15 is 0 Å². The van der Waals surface area contributed by atoms with Crippen LogP contribution in [0.4, 0.5) is 0 Å². The normalized spacial score (nSPS) is 15.7. The number of halogens is 1. The first-order valence-electron chi connectivity index (χ1n) is 8.44. The average molecular weight is 421 g/mol. The number of benzene rings is 1. The second-order valence-corrected chi connectivity index (χ2v) is 8.29. The van der Waals surface area contributed by atoms with E-state index in [1.807, 2.05) is 0 Å². The van der Waals surface area contributed by atoms with Crippen molar-refractivity contribution in [2.45, 2.75) is 31.1 Å². The van der Waals surface area contributed by atoms with E-state index in [4.69, 9.17) is 0 Å². The van der Waals surface area contributed by atoms with Crippen LogP contribution in [0, 0.1) is 0 Å². The number of carbonyl (C=O) groups excluding carboxylic acids is 2. The molecule has 1 heterocycles. The van der Waals surface area contributed by atoms with E-state index in [2.05, 4.69) is 44.1 Å². The van der Waals surface area contributed by atoms with Gasteiger partial charge in [0.1, 0.15) is 0 Å². The summed E-state index contributed by atoms with van der Waals surface area (Å²) in [5, 5.41) is 7.79. The summed E-state index contributed by atoms with van der Waals surface area (Å²) in [5.41, 5.74) is 0.612. The molecule has 2 amide bonds. The van der Waals surface area contributed by atoms with Crippen LogP contribution in [0.1, 0.15) is 40.9 Å². The van der Waals surface area contributed by atoms with Gasteiger partial charge in [-0.2, -0.15) is 0 Å². The van der Waals surface area contributed by atoms with Gasteiger partial charge in [0.2, 0.25) is 5.91 Å². The summed E-state index contributed by atoms with van der Waals surface area (Å²) in [4.78, 5) is 25.6. The molecule has 0 bridgehead atoms. The summed E-state index contributed by atoms with van der Waals surface area (Å²) in [7, 11) is 0. The van der Waals surface area contributed by atoms with Crippen molar-refractivity contribution in [3.8, 4) is 0 Å². The largest absolute Gasteiger partial charge is 0.354 e. The standard InChI is InChI=1S/C19H21BrN2O2S/c20-15-7-5-14(6-8-15)18(24)21-12-17(23)22-13-19(9-1-2-10-19)16-4-3-11-25-16/h3-8,11H,1-2,9-10,12-13H2,(H,21,24)(H,22,23). The van der Waals surface area contributed by atoms with Gasteiger partial charge in [0, 0.05) is 26.9 Å². The van der Waals surface area contributed by atoms with Crippen molar-refractivity contribution in [1.29, 1.82) is 0 Å². The molecule has 0 atom stereocenters. The summed E-state index contributed by atoms with van der Waals surface area (Å²) in [6.45, 7) is 0.635. The smallest absolute Gasteiger partial charge is 0.251 e. The monoisotopic (exact) mass is 420 g/mol. The third kappa shape index (κ3) is 4.50. The van der Waals surface area contributed by atoms with Crippen LogP contribution in [0.3, 0.4) is 0 Å². The van der Waals surface area contributed by atoms with Gasteiger partial charge >= 0.3 is 0 Å². The topological polar surface area (TPSA) is 58.2 Å². The van der Waals surface area contributed by atoms with Crippen molar-refractivity contribution in [3.63, 3.8) is 0 Å². The number of nitrogens with one attached hydrogen (secondary N) is 2. The predicted octanol–water partition coefficient (Wildman–Crippen LogP) is 3.87. The SMILES string of the molecule is O=C(CNC(=O)c1ccc(Br)cc1)NCC1(c2cccs2)CCCC1. The predicted molar refractivity (Wildman–Crippen MR) is 104 cm³/mol. The molecule has 0 radical (unpaired) electrons. The molecule has 1 fully saturated rings. The Hall–Kier alpha value is -1.66. The van der Waals surface area contributed by atoms with Crippen molar-refractivity contribution in [2.75, 3.05) is 13.1 Å².